The van der Waals surface area contributed by atoms with E-state index in [0.717, 1.165) is 65.1 Å². The van der Waals surface area contributed by atoms with Gasteiger partial charge in [0.15, 0.2) is 5.82 Å². The number of hydrogen-bond acceptors (Lipinski definition) is 6. The molecule has 0 spiro atoms. The molecule has 0 radical (unpaired) electrons. The molecule has 9 heteroatoms. The van der Waals surface area contributed by atoms with Gasteiger partial charge in [0, 0.05) is 17.5 Å². The maximum atomic E-state index is 13.9. The molecule has 0 saturated heterocycles. The van der Waals surface area contributed by atoms with Crippen LogP contribution >= 0.6 is 0 Å². The van der Waals surface area contributed by atoms with Crippen molar-refractivity contribution in [3.05, 3.63) is 116 Å². The molecule has 2 heterocycles. The van der Waals surface area contributed by atoms with Gasteiger partial charge in [0.05, 0.1) is 17.5 Å². The van der Waals surface area contributed by atoms with Gasteiger partial charge in [-0.25, -0.2) is 9.78 Å². The van der Waals surface area contributed by atoms with E-state index in [0.29, 0.717) is 29.7 Å². The number of rotatable bonds is 9. The first kappa shape index (κ1) is 28.8. The molecule has 1 fully saturated rings. The Morgan fingerprint density at radius 1 is 1.00 bits per heavy atom. The van der Waals surface area contributed by atoms with Gasteiger partial charge < -0.3 is 6.16 Å². The van der Waals surface area contributed by atoms with Gasteiger partial charge in [0.2, 0.25) is 0 Å². The topological polar surface area (TPSA) is 103 Å². The Labute approximate surface area is 261 Å². The van der Waals surface area contributed by atoms with Crippen LogP contribution in [0.15, 0.2) is 86.9 Å². The Morgan fingerprint density at radius 2 is 1.71 bits per heavy atom. The van der Waals surface area contributed by atoms with Gasteiger partial charge in [-0.05, 0) is 67.1 Å². The zero-order valence-electron chi connectivity index (χ0n) is 24.5. The van der Waals surface area contributed by atoms with Gasteiger partial charge in [-0.2, -0.15) is 0 Å². The summed E-state index contributed by atoms with van der Waals surface area (Å²) in [5.41, 5.74) is 5.94. The van der Waals surface area contributed by atoms with Crippen LogP contribution in [0, 0.1) is 6.92 Å². The number of hydrogen-bond donors (Lipinski definition) is 1. The summed E-state index contributed by atoms with van der Waals surface area (Å²) < 4.78 is 12.3. The number of nitrogens with zero attached hydrogens (tertiary/aromatic N) is 3. The van der Waals surface area contributed by atoms with E-state index in [1.165, 1.54) is 0 Å². The molecule has 5 aromatic rings. The zero-order valence-corrected chi connectivity index (χ0v) is 25.5. The molecule has 2 aromatic heterocycles. The van der Waals surface area contributed by atoms with E-state index in [-0.39, 0.29) is 36.5 Å². The monoisotopic (exact) mass is 558 g/mol. The van der Waals surface area contributed by atoms with Crippen molar-refractivity contribution in [2.75, 3.05) is 0 Å². The van der Waals surface area contributed by atoms with Gasteiger partial charge in [-0.15, -0.1) is 0 Å². The van der Waals surface area contributed by atoms with Crippen LogP contribution in [0.3, 0.4) is 0 Å². The van der Waals surface area contributed by atoms with Crippen LogP contribution in [-0.4, -0.2) is 25.8 Å². The Morgan fingerprint density at radius 3 is 2.34 bits per heavy atom. The maximum absolute atomic E-state index is 13.9. The van der Waals surface area contributed by atoms with Crippen LogP contribution < -0.4 is 45.6 Å². The van der Waals surface area contributed by atoms with Crippen LogP contribution in [-0.2, 0) is 12.8 Å². The summed E-state index contributed by atoms with van der Waals surface area (Å²) in [4.78, 5) is 32.9. The number of aryl methyl sites for hydroxylation is 2. The van der Waals surface area contributed by atoms with Gasteiger partial charge in [-0.3, -0.25) is 18.9 Å². The Balaban J connectivity index is 0.00000202. The Kier molecular flexibility index (Phi) is 8.73. The summed E-state index contributed by atoms with van der Waals surface area (Å²) in [6.07, 6.45) is 4.63. The zero-order chi connectivity index (χ0) is 27.6. The predicted molar refractivity (Wildman–Crippen MR) is 154 cm³/mol. The number of aromatic amines is 1. The third kappa shape index (κ3) is 6.30. The molecule has 3 aromatic carbocycles. The molecule has 0 amide bonds. The second-order valence-electron chi connectivity index (χ2n) is 10.1. The van der Waals surface area contributed by atoms with E-state index in [1.54, 1.807) is 4.57 Å². The second kappa shape index (κ2) is 12.4. The standard InChI is InChI=1S/C32H30N4O4.Na.H/c1-3-6-29-28(31(37)36(20(2)33-29)23-13-15-24(16-14-23)39-25-17-18-25)19-21-9-11-22(12-10-21)26-7-4-5-8-27(26)30-34-32(38)40-35-30;;/h4-5,7-16,25H,3,6,17-19H2,1-2H3,(H,34,35,38);;/q;+1;-1. The van der Waals surface area contributed by atoms with E-state index in [9.17, 15) is 9.59 Å². The van der Waals surface area contributed by atoms with Crippen LogP contribution in [0.25, 0.3) is 28.2 Å². The molecular formula is C32H31N4NaO4. The number of nitrogens with one attached hydrogen (secondary N) is 1. The van der Waals surface area contributed by atoms with Crippen molar-refractivity contribution in [3.8, 4) is 34.0 Å². The first-order valence-electron chi connectivity index (χ1n) is 13.6. The minimum Gasteiger partial charge on any atom is -1.00 e. The molecule has 0 atom stereocenters. The largest absolute Gasteiger partial charge is 1.00 e. The first-order valence-corrected chi connectivity index (χ1v) is 13.6. The van der Waals surface area contributed by atoms with Crippen LogP contribution in [0.4, 0.5) is 0 Å². The Bertz CT molecular complexity index is 1770. The third-order valence-electron chi connectivity index (χ3n) is 7.11. The van der Waals surface area contributed by atoms with E-state index >= 15 is 0 Å². The average molecular weight is 559 g/mol. The van der Waals surface area contributed by atoms with E-state index in [4.69, 9.17) is 14.2 Å². The summed E-state index contributed by atoms with van der Waals surface area (Å²) in [7, 11) is 0. The molecule has 0 bridgehead atoms. The van der Waals surface area contributed by atoms with E-state index < -0.39 is 5.76 Å². The number of ether oxygens (including phenoxy) is 1. The molecular weight excluding hydrogens is 527 g/mol. The summed E-state index contributed by atoms with van der Waals surface area (Å²) in [6, 6.07) is 23.5. The van der Waals surface area contributed by atoms with Crippen molar-refractivity contribution in [1.29, 1.82) is 0 Å². The van der Waals surface area contributed by atoms with Crippen molar-refractivity contribution in [1.82, 2.24) is 19.7 Å². The minimum absolute atomic E-state index is 0. The maximum Gasteiger partial charge on any atom is 1.00 e. The molecule has 1 saturated carbocycles. The van der Waals surface area contributed by atoms with Gasteiger partial charge in [0.1, 0.15) is 11.6 Å². The fourth-order valence-corrected chi connectivity index (χ4v) is 4.99. The van der Waals surface area contributed by atoms with Crippen molar-refractivity contribution in [2.24, 2.45) is 0 Å². The number of aromatic nitrogens is 4. The van der Waals surface area contributed by atoms with E-state index in [2.05, 4.69) is 17.1 Å². The molecule has 6 rings (SSSR count). The van der Waals surface area contributed by atoms with Gasteiger partial charge in [0.25, 0.3) is 5.56 Å². The summed E-state index contributed by atoms with van der Waals surface area (Å²) >= 11 is 0. The summed E-state index contributed by atoms with van der Waals surface area (Å²) in [5.74, 6) is 1.28. The normalized spacial score (nSPS) is 12.6. The molecule has 1 N–H and O–H groups in total. The first-order chi connectivity index (χ1) is 19.5. The summed E-state index contributed by atoms with van der Waals surface area (Å²) in [6.45, 7) is 3.98. The van der Waals surface area contributed by atoms with Crippen molar-refractivity contribution >= 4 is 0 Å². The van der Waals surface area contributed by atoms with E-state index in [1.807, 2.05) is 79.7 Å². The Hall–Kier alpha value is -3.72. The average Bonchev–Trinajstić information content (AvgIpc) is 3.68. The molecule has 1 aliphatic rings. The molecule has 8 nitrogen and oxygen atoms in total. The fraction of sp³-hybridized carbons (Fsp3) is 0.250. The smallest absolute Gasteiger partial charge is 1.00 e. The van der Waals surface area contributed by atoms with Crippen molar-refractivity contribution < 1.29 is 40.2 Å². The van der Waals surface area contributed by atoms with Crippen LogP contribution in [0.1, 0.15) is 50.3 Å². The van der Waals surface area contributed by atoms with Crippen molar-refractivity contribution in [3.63, 3.8) is 0 Å². The van der Waals surface area contributed by atoms with Gasteiger partial charge >= 0.3 is 35.3 Å². The third-order valence-corrected chi connectivity index (χ3v) is 7.11. The minimum atomic E-state index is -0.595. The predicted octanol–water partition coefficient (Wildman–Crippen LogP) is 2.75. The SMILES string of the molecule is CCCc1nc(C)n(-c2ccc(OC3CC3)cc2)c(=O)c1Cc1ccc(-c2ccccc2-c2noc(=O)[nH]2)cc1.[H-].[Na+]. The molecule has 204 valence electrons. The quantitative estimate of drug-likeness (QED) is 0.279. The van der Waals surface area contributed by atoms with Crippen molar-refractivity contribution in [2.45, 2.75) is 52.1 Å². The van der Waals surface area contributed by atoms with Gasteiger partial charge in [-0.1, -0.05) is 67.0 Å². The van der Waals surface area contributed by atoms with Crippen LogP contribution in [0.5, 0.6) is 5.75 Å². The molecule has 41 heavy (non-hydrogen) atoms. The molecule has 1 aliphatic carbocycles. The molecule has 0 unspecified atom stereocenters. The second-order valence-corrected chi connectivity index (χ2v) is 10.1. The molecule has 0 aliphatic heterocycles. The van der Waals surface area contributed by atoms with Crippen LogP contribution in [0.2, 0.25) is 0 Å². The number of benzene rings is 3. The number of H-pyrrole nitrogens is 1. The fourth-order valence-electron chi connectivity index (χ4n) is 4.99. The summed E-state index contributed by atoms with van der Waals surface area (Å²) in [5, 5.41) is 3.85.